The maximum atomic E-state index is 13.7. The van der Waals surface area contributed by atoms with E-state index >= 15 is 0 Å². The first-order valence-electron chi connectivity index (χ1n) is 11.5. The van der Waals surface area contributed by atoms with Crippen molar-refractivity contribution in [3.8, 4) is 11.5 Å². The van der Waals surface area contributed by atoms with Gasteiger partial charge in [-0.3, -0.25) is 9.59 Å². The van der Waals surface area contributed by atoms with E-state index in [1.165, 1.54) is 4.90 Å². The van der Waals surface area contributed by atoms with E-state index in [0.717, 1.165) is 21.6 Å². The molecule has 8 heteroatoms. The van der Waals surface area contributed by atoms with Crippen LogP contribution in [0.3, 0.4) is 0 Å². The van der Waals surface area contributed by atoms with E-state index < -0.39 is 30.1 Å². The molecule has 0 unspecified atom stereocenters. The van der Waals surface area contributed by atoms with Gasteiger partial charge in [-0.1, -0.05) is 60.7 Å². The van der Waals surface area contributed by atoms with Gasteiger partial charge in [0.25, 0.3) is 17.9 Å². The molecule has 0 N–H and O–H groups in total. The number of rotatable bonds is 9. The third-order valence-corrected chi connectivity index (χ3v) is 6.08. The zero-order valence-corrected chi connectivity index (χ0v) is 20.4. The van der Waals surface area contributed by atoms with Crippen LogP contribution < -0.4 is 9.47 Å². The maximum Gasteiger partial charge on any atom is 0.418 e. The van der Waals surface area contributed by atoms with Gasteiger partial charge in [-0.2, -0.15) is 0 Å². The van der Waals surface area contributed by atoms with Gasteiger partial charge in [0, 0.05) is 19.2 Å². The summed E-state index contributed by atoms with van der Waals surface area (Å²) in [7, 11) is 3.09. The molecule has 0 saturated carbocycles. The Kier molecular flexibility index (Phi) is 7.53. The minimum Gasteiger partial charge on any atom is -0.497 e. The summed E-state index contributed by atoms with van der Waals surface area (Å²) in [6, 6.07) is 23.3. The minimum atomic E-state index is -1.56. The third kappa shape index (κ3) is 5.33. The molecular formula is C28H28N2O6. The number of ether oxygens (including phenoxy) is 3. The van der Waals surface area contributed by atoms with Crippen molar-refractivity contribution in [2.24, 2.45) is 0 Å². The van der Waals surface area contributed by atoms with Crippen molar-refractivity contribution in [1.82, 2.24) is 9.80 Å². The van der Waals surface area contributed by atoms with Crippen LogP contribution in [0.1, 0.15) is 29.7 Å². The van der Waals surface area contributed by atoms with Crippen molar-refractivity contribution >= 4 is 17.9 Å². The molecule has 3 aromatic carbocycles. The standard InChI is InChI=1S/C28H28N2O6/c1-19(22-12-8-5-9-13-22)30-27(32)25(36-28(30)33)26(31)29(17-20-10-6-4-7-11-20)18-21-14-23(34-2)16-24(15-21)35-3/h4-16,19,25H,17-18H2,1-3H3/t19-,25-/m1/s1. The van der Waals surface area contributed by atoms with Gasteiger partial charge in [0.1, 0.15) is 11.5 Å². The van der Waals surface area contributed by atoms with Crippen LogP contribution in [0.2, 0.25) is 0 Å². The Morgan fingerprint density at radius 3 is 2.03 bits per heavy atom. The van der Waals surface area contributed by atoms with E-state index in [-0.39, 0.29) is 13.1 Å². The quantitative estimate of drug-likeness (QED) is 0.417. The van der Waals surface area contributed by atoms with Gasteiger partial charge in [-0.25, -0.2) is 9.69 Å². The van der Waals surface area contributed by atoms with Crippen LogP contribution in [0.5, 0.6) is 11.5 Å². The Morgan fingerprint density at radius 1 is 0.889 bits per heavy atom. The Balaban J connectivity index is 1.61. The molecule has 1 aliphatic heterocycles. The normalized spacial score (nSPS) is 15.9. The molecule has 0 bridgehead atoms. The molecule has 36 heavy (non-hydrogen) atoms. The fourth-order valence-electron chi connectivity index (χ4n) is 4.17. The molecule has 1 aliphatic rings. The van der Waals surface area contributed by atoms with Crippen molar-refractivity contribution < 1.29 is 28.6 Å². The van der Waals surface area contributed by atoms with E-state index in [1.807, 2.05) is 60.7 Å². The van der Waals surface area contributed by atoms with Crippen LogP contribution in [0, 0.1) is 0 Å². The molecule has 186 valence electrons. The molecule has 1 heterocycles. The Hall–Kier alpha value is -4.33. The number of hydrogen-bond donors (Lipinski definition) is 0. The number of hydrogen-bond acceptors (Lipinski definition) is 6. The second-order valence-corrected chi connectivity index (χ2v) is 8.46. The third-order valence-electron chi connectivity index (χ3n) is 6.08. The van der Waals surface area contributed by atoms with Crippen molar-refractivity contribution in [3.05, 3.63) is 95.6 Å². The molecule has 0 radical (unpaired) electrons. The van der Waals surface area contributed by atoms with Crippen molar-refractivity contribution in [2.45, 2.75) is 32.2 Å². The largest absolute Gasteiger partial charge is 0.497 e. The molecule has 2 atom stereocenters. The Morgan fingerprint density at radius 2 is 1.44 bits per heavy atom. The highest BCUT2D eigenvalue weighted by atomic mass is 16.6. The smallest absolute Gasteiger partial charge is 0.418 e. The van der Waals surface area contributed by atoms with Crippen molar-refractivity contribution in [3.63, 3.8) is 0 Å². The van der Waals surface area contributed by atoms with Crippen LogP contribution in [-0.4, -0.2) is 48.0 Å². The zero-order valence-electron chi connectivity index (χ0n) is 20.4. The molecule has 0 aromatic heterocycles. The van der Waals surface area contributed by atoms with E-state index in [2.05, 4.69) is 0 Å². The first-order valence-corrected chi connectivity index (χ1v) is 11.5. The summed E-state index contributed by atoms with van der Waals surface area (Å²) in [5.41, 5.74) is 2.37. The van der Waals surface area contributed by atoms with Crippen LogP contribution in [-0.2, 0) is 27.4 Å². The van der Waals surface area contributed by atoms with Crippen molar-refractivity contribution in [1.29, 1.82) is 0 Å². The summed E-state index contributed by atoms with van der Waals surface area (Å²) in [6.45, 7) is 2.09. The van der Waals surface area contributed by atoms with Gasteiger partial charge in [0.05, 0.1) is 20.3 Å². The summed E-state index contributed by atoms with van der Waals surface area (Å²) in [5.74, 6) is -0.130. The number of imide groups is 1. The number of benzene rings is 3. The van der Waals surface area contributed by atoms with E-state index in [4.69, 9.17) is 14.2 Å². The molecule has 1 fully saturated rings. The Bertz CT molecular complexity index is 1210. The predicted octanol–water partition coefficient (Wildman–Crippen LogP) is 4.34. The lowest BCUT2D eigenvalue weighted by atomic mass is 10.1. The SMILES string of the molecule is COc1cc(CN(Cc2ccccc2)C(=O)[C@H]2OC(=O)N([C@H](C)c3ccccc3)C2=O)cc(OC)c1. The summed E-state index contributed by atoms with van der Waals surface area (Å²) in [6.07, 6.45) is -2.39. The van der Waals surface area contributed by atoms with Crippen LogP contribution >= 0.6 is 0 Å². The Labute approximate surface area is 210 Å². The molecule has 3 amide bonds. The van der Waals surface area contributed by atoms with Crippen LogP contribution in [0.15, 0.2) is 78.9 Å². The molecular weight excluding hydrogens is 460 g/mol. The van der Waals surface area contributed by atoms with Gasteiger partial charge in [-0.15, -0.1) is 0 Å². The molecule has 0 spiro atoms. The lowest BCUT2D eigenvalue weighted by Crippen LogP contribution is -2.43. The highest BCUT2D eigenvalue weighted by Gasteiger charge is 2.48. The fourth-order valence-corrected chi connectivity index (χ4v) is 4.17. The lowest BCUT2D eigenvalue weighted by molar-refractivity contribution is -0.147. The summed E-state index contributed by atoms with van der Waals surface area (Å²) < 4.78 is 16.0. The number of cyclic esters (lactones) is 1. The first-order chi connectivity index (χ1) is 17.4. The van der Waals surface area contributed by atoms with Crippen LogP contribution in [0.25, 0.3) is 0 Å². The minimum absolute atomic E-state index is 0.150. The number of nitrogens with zero attached hydrogens (tertiary/aromatic N) is 2. The van der Waals surface area contributed by atoms with E-state index in [0.29, 0.717) is 11.5 Å². The lowest BCUT2D eigenvalue weighted by Gasteiger charge is -2.25. The number of carbonyl (C=O) groups is 3. The summed E-state index contributed by atoms with van der Waals surface area (Å²) in [4.78, 5) is 42.1. The molecule has 0 aliphatic carbocycles. The number of amides is 3. The monoisotopic (exact) mass is 488 g/mol. The average molecular weight is 489 g/mol. The van der Waals surface area contributed by atoms with E-state index in [9.17, 15) is 14.4 Å². The highest BCUT2D eigenvalue weighted by Crippen LogP contribution is 2.29. The fraction of sp³-hybridized carbons (Fsp3) is 0.250. The first kappa shape index (κ1) is 24.8. The van der Waals surface area contributed by atoms with Gasteiger partial charge in [0.15, 0.2) is 0 Å². The van der Waals surface area contributed by atoms with Gasteiger partial charge in [-0.05, 0) is 35.7 Å². The topological polar surface area (TPSA) is 85.4 Å². The summed E-state index contributed by atoms with van der Waals surface area (Å²) >= 11 is 0. The molecule has 3 aromatic rings. The summed E-state index contributed by atoms with van der Waals surface area (Å²) in [5, 5.41) is 0. The van der Waals surface area contributed by atoms with Gasteiger partial charge in [0.2, 0.25) is 0 Å². The predicted molar refractivity (Wildman–Crippen MR) is 132 cm³/mol. The second-order valence-electron chi connectivity index (χ2n) is 8.46. The highest BCUT2D eigenvalue weighted by molar-refractivity contribution is 6.12. The molecule has 8 nitrogen and oxygen atoms in total. The molecule has 1 saturated heterocycles. The van der Waals surface area contributed by atoms with Gasteiger partial charge >= 0.3 is 6.09 Å². The average Bonchev–Trinajstić information content (AvgIpc) is 3.21. The zero-order chi connectivity index (χ0) is 25.7. The van der Waals surface area contributed by atoms with E-state index in [1.54, 1.807) is 39.3 Å². The van der Waals surface area contributed by atoms with Gasteiger partial charge < -0.3 is 19.1 Å². The molecule has 4 rings (SSSR count). The second kappa shape index (κ2) is 10.9. The number of carbonyl (C=O) groups excluding carboxylic acids is 3. The van der Waals surface area contributed by atoms with Crippen molar-refractivity contribution in [2.75, 3.05) is 14.2 Å². The number of methoxy groups -OCH3 is 2. The van der Waals surface area contributed by atoms with Crippen LogP contribution in [0.4, 0.5) is 4.79 Å². The maximum absolute atomic E-state index is 13.7.